The van der Waals surface area contributed by atoms with Crippen LogP contribution < -0.4 is 5.32 Å². The molecule has 0 spiro atoms. The third-order valence-corrected chi connectivity index (χ3v) is 2.80. The van der Waals surface area contributed by atoms with Gasteiger partial charge in [0.15, 0.2) is 0 Å². The molecule has 2 atom stereocenters. The van der Waals surface area contributed by atoms with Gasteiger partial charge in [0.25, 0.3) is 0 Å². The Balaban J connectivity index is 2.06. The van der Waals surface area contributed by atoms with Gasteiger partial charge < -0.3 is 10.3 Å². The molecule has 0 amide bonds. The summed E-state index contributed by atoms with van der Waals surface area (Å²) in [6.45, 7) is 5.90. The Morgan fingerprint density at radius 3 is 3.20 bits per heavy atom. The van der Waals surface area contributed by atoms with Crippen LogP contribution >= 0.6 is 0 Å². The van der Waals surface area contributed by atoms with E-state index in [0.717, 1.165) is 11.5 Å². The van der Waals surface area contributed by atoms with E-state index in [-0.39, 0.29) is 6.04 Å². The molecule has 0 saturated carbocycles. The maximum Gasteiger partial charge on any atom is 0.128 e. The van der Waals surface area contributed by atoms with Gasteiger partial charge in [-0.05, 0) is 6.92 Å². The van der Waals surface area contributed by atoms with Crippen molar-refractivity contribution in [3.8, 4) is 0 Å². The number of aryl methyl sites for hydroxylation is 1. The Labute approximate surface area is 88.8 Å². The number of alkyl halides is 1. The third-order valence-electron chi connectivity index (χ3n) is 2.80. The predicted molar refractivity (Wildman–Crippen MR) is 57.3 cm³/mol. The van der Waals surface area contributed by atoms with Crippen molar-refractivity contribution in [2.24, 2.45) is 0 Å². The molecule has 1 fully saturated rings. The second-order valence-corrected chi connectivity index (χ2v) is 4.23. The Kier molecular flexibility index (Phi) is 2.61. The highest BCUT2D eigenvalue weighted by Gasteiger charge is 2.39. The third kappa shape index (κ3) is 2.09. The highest BCUT2D eigenvalue weighted by atomic mass is 19.1. The highest BCUT2D eigenvalue weighted by Crippen LogP contribution is 2.34. The first kappa shape index (κ1) is 10.4. The van der Waals surface area contributed by atoms with Gasteiger partial charge in [0, 0.05) is 31.3 Å². The van der Waals surface area contributed by atoms with Gasteiger partial charge in [0.1, 0.15) is 11.5 Å². The number of nitrogens with zero attached hydrogens (tertiary/aromatic N) is 1. The lowest BCUT2D eigenvalue weighted by molar-refractivity contribution is 0.190. The van der Waals surface area contributed by atoms with E-state index in [4.69, 9.17) is 0 Å². The van der Waals surface area contributed by atoms with E-state index in [0.29, 0.717) is 19.4 Å². The van der Waals surface area contributed by atoms with Gasteiger partial charge in [0.2, 0.25) is 0 Å². The van der Waals surface area contributed by atoms with Gasteiger partial charge >= 0.3 is 0 Å². The van der Waals surface area contributed by atoms with E-state index in [1.54, 1.807) is 12.3 Å². The minimum Gasteiger partial charge on any atom is -0.345 e. The Morgan fingerprint density at radius 1 is 1.80 bits per heavy atom. The number of allylic oxidation sites excluding steroid dienone is 1. The minimum absolute atomic E-state index is 0.00338. The summed E-state index contributed by atoms with van der Waals surface area (Å²) in [6, 6.07) is 0.00338. The van der Waals surface area contributed by atoms with Crippen molar-refractivity contribution in [2.45, 2.75) is 31.5 Å². The molecule has 1 aromatic heterocycles. The number of aromatic nitrogens is 2. The van der Waals surface area contributed by atoms with Crippen LogP contribution in [0.5, 0.6) is 0 Å². The summed E-state index contributed by atoms with van der Waals surface area (Å²) < 4.78 is 14.1. The van der Waals surface area contributed by atoms with Crippen LogP contribution in [-0.4, -0.2) is 22.2 Å². The second kappa shape index (κ2) is 3.77. The molecule has 82 valence electrons. The number of rotatable bonds is 3. The molecular weight excluding hydrogens is 193 g/mol. The maximum absolute atomic E-state index is 14.1. The van der Waals surface area contributed by atoms with E-state index < -0.39 is 5.67 Å². The Hall–Kier alpha value is -1.16. The lowest BCUT2D eigenvalue weighted by Gasteiger charge is -2.15. The molecule has 0 bridgehead atoms. The molecule has 1 aliphatic heterocycles. The van der Waals surface area contributed by atoms with Crippen molar-refractivity contribution in [2.75, 3.05) is 6.54 Å². The first-order chi connectivity index (χ1) is 7.13. The SMILES string of the molecule is C=CCC1(F)CNC(c2ncc(C)[nH]2)C1. The summed E-state index contributed by atoms with van der Waals surface area (Å²) >= 11 is 0. The summed E-state index contributed by atoms with van der Waals surface area (Å²) in [7, 11) is 0. The van der Waals surface area contributed by atoms with Crippen LogP contribution in [-0.2, 0) is 0 Å². The highest BCUT2D eigenvalue weighted by molar-refractivity contribution is 5.09. The number of H-pyrrole nitrogens is 1. The zero-order chi connectivity index (χ0) is 10.9. The molecular formula is C11H16FN3. The van der Waals surface area contributed by atoms with Gasteiger partial charge in [-0.25, -0.2) is 9.37 Å². The molecule has 2 N–H and O–H groups in total. The van der Waals surface area contributed by atoms with Crippen molar-refractivity contribution in [3.63, 3.8) is 0 Å². The van der Waals surface area contributed by atoms with Crippen LogP contribution in [0.1, 0.15) is 30.4 Å². The van der Waals surface area contributed by atoms with Crippen molar-refractivity contribution in [3.05, 3.63) is 30.4 Å². The van der Waals surface area contributed by atoms with Gasteiger partial charge in [-0.3, -0.25) is 0 Å². The summed E-state index contributed by atoms with van der Waals surface area (Å²) in [5.41, 5.74) is -0.153. The topological polar surface area (TPSA) is 40.7 Å². The molecule has 0 radical (unpaired) electrons. The molecule has 2 rings (SSSR count). The van der Waals surface area contributed by atoms with Gasteiger partial charge in [-0.1, -0.05) is 6.08 Å². The van der Waals surface area contributed by atoms with Crippen molar-refractivity contribution >= 4 is 0 Å². The standard InChI is InChI=1S/C11H16FN3/c1-3-4-11(12)5-9(14-7-11)10-13-6-8(2)15-10/h3,6,9,14H,1,4-5,7H2,2H3,(H,13,15). The van der Waals surface area contributed by atoms with Crippen LogP contribution in [0.3, 0.4) is 0 Å². The normalized spacial score (nSPS) is 30.7. The van der Waals surface area contributed by atoms with Crippen LogP contribution in [0.15, 0.2) is 18.9 Å². The van der Waals surface area contributed by atoms with Crippen molar-refractivity contribution in [1.29, 1.82) is 0 Å². The second-order valence-electron chi connectivity index (χ2n) is 4.23. The first-order valence-electron chi connectivity index (χ1n) is 5.18. The van der Waals surface area contributed by atoms with E-state index in [1.165, 1.54) is 0 Å². The summed E-state index contributed by atoms with van der Waals surface area (Å²) in [4.78, 5) is 7.34. The summed E-state index contributed by atoms with van der Waals surface area (Å²) in [5, 5.41) is 3.15. The quantitative estimate of drug-likeness (QED) is 0.748. The molecule has 2 heterocycles. The van der Waals surface area contributed by atoms with Crippen molar-refractivity contribution < 1.29 is 4.39 Å². The number of hydrogen-bond acceptors (Lipinski definition) is 2. The largest absolute Gasteiger partial charge is 0.345 e. The fourth-order valence-corrected chi connectivity index (χ4v) is 2.03. The van der Waals surface area contributed by atoms with Crippen LogP contribution in [0.4, 0.5) is 4.39 Å². The number of halogens is 1. The molecule has 1 saturated heterocycles. The zero-order valence-electron chi connectivity index (χ0n) is 8.89. The monoisotopic (exact) mass is 209 g/mol. The summed E-state index contributed by atoms with van der Waals surface area (Å²) in [6.07, 6.45) is 4.27. The maximum atomic E-state index is 14.1. The molecule has 2 unspecified atom stereocenters. The molecule has 1 aromatic rings. The molecule has 3 nitrogen and oxygen atoms in total. The predicted octanol–water partition coefficient (Wildman–Crippen LogP) is 2.04. The average molecular weight is 209 g/mol. The van der Waals surface area contributed by atoms with E-state index in [1.807, 2.05) is 6.92 Å². The lowest BCUT2D eigenvalue weighted by atomic mass is 9.98. The molecule has 1 aliphatic rings. The van der Waals surface area contributed by atoms with E-state index in [9.17, 15) is 4.39 Å². The average Bonchev–Trinajstić information content (AvgIpc) is 2.73. The van der Waals surface area contributed by atoms with Crippen LogP contribution in [0, 0.1) is 6.92 Å². The molecule has 15 heavy (non-hydrogen) atoms. The number of aromatic amines is 1. The zero-order valence-corrected chi connectivity index (χ0v) is 8.89. The van der Waals surface area contributed by atoms with Gasteiger partial charge in [-0.2, -0.15) is 0 Å². The first-order valence-corrected chi connectivity index (χ1v) is 5.18. The molecule has 0 aromatic carbocycles. The molecule has 0 aliphatic carbocycles. The van der Waals surface area contributed by atoms with Gasteiger partial charge in [-0.15, -0.1) is 6.58 Å². The van der Waals surface area contributed by atoms with Crippen molar-refractivity contribution in [1.82, 2.24) is 15.3 Å². The molecule has 4 heteroatoms. The smallest absolute Gasteiger partial charge is 0.128 e. The van der Waals surface area contributed by atoms with Crippen LogP contribution in [0.2, 0.25) is 0 Å². The van der Waals surface area contributed by atoms with Crippen LogP contribution in [0.25, 0.3) is 0 Å². The minimum atomic E-state index is -1.16. The Bertz CT molecular complexity index is 360. The Morgan fingerprint density at radius 2 is 2.60 bits per heavy atom. The number of imidazole rings is 1. The van der Waals surface area contributed by atoms with Gasteiger partial charge in [0.05, 0.1) is 6.04 Å². The fraction of sp³-hybridized carbons (Fsp3) is 0.545. The van der Waals surface area contributed by atoms with E-state index >= 15 is 0 Å². The number of nitrogens with one attached hydrogen (secondary N) is 2. The fourth-order valence-electron chi connectivity index (χ4n) is 2.03. The lowest BCUT2D eigenvalue weighted by Crippen LogP contribution is -2.24. The summed E-state index contributed by atoms with van der Waals surface area (Å²) in [5.74, 6) is 0.830. The number of hydrogen-bond donors (Lipinski definition) is 2. The van der Waals surface area contributed by atoms with E-state index in [2.05, 4.69) is 21.9 Å².